The lowest BCUT2D eigenvalue weighted by Gasteiger charge is -2.34. The molecule has 1 aliphatic heterocycles. The quantitative estimate of drug-likeness (QED) is 0.383. The van der Waals surface area contributed by atoms with E-state index in [4.69, 9.17) is 16.2 Å². The Morgan fingerprint density at radius 2 is 1.74 bits per heavy atom. The van der Waals surface area contributed by atoms with Gasteiger partial charge < -0.3 is 21.1 Å². The van der Waals surface area contributed by atoms with E-state index in [2.05, 4.69) is 11.9 Å². The summed E-state index contributed by atoms with van der Waals surface area (Å²) in [5.41, 5.74) is 13.2. The van der Waals surface area contributed by atoms with Crippen molar-refractivity contribution in [3.8, 4) is 5.75 Å². The molecule has 0 aliphatic carbocycles. The molecule has 9 heteroatoms. The normalized spacial score (nSPS) is 16.4. The molecule has 0 bridgehead atoms. The Labute approximate surface area is 222 Å². The van der Waals surface area contributed by atoms with Crippen LogP contribution in [0.1, 0.15) is 31.4 Å². The van der Waals surface area contributed by atoms with Crippen LogP contribution in [0.15, 0.2) is 71.8 Å². The van der Waals surface area contributed by atoms with Crippen LogP contribution in [0.5, 0.6) is 5.75 Å². The fourth-order valence-electron chi connectivity index (χ4n) is 5.14. The first-order chi connectivity index (χ1) is 18.2. The van der Waals surface area contributed by atoms with E-state index < -0.39 is 27.0 Å². The van der Waals surface area contributed by atoms with Gasteiger partial charge in [0.1, 0.15) is 11.6 Å². The van der Waals surface area contributed by atoms with Crippen molar-refractivity contribution in [2.45, 2.75) is 36.0 Å². The Kier molecular flexibility index (Phi) is 6.98. The van der Waals surface area contributed by atoms with Gasteiger partial charge in [-0.25, -0.2) is 13.4 Å². The van der Waals surface area contributed by atoms with Crippen molar-refractivity contribution in [3.63, 3.8) is 0 Å². The number of hydrogen-bond acceptors (Lipinski definition) is 7. The maximum Gasteiger partial charge on any atom is 0.243 e. The summed E-state index contributed by atoms with van der Waals surface area (Å²) in [6.07, 6.45) is 3.24. The third-order valence-electron chi connectivity index (χ3n) is 7.55. The molecular weight excluding hydrogens is 500 g/mol. The average molecular weight is 533 g/mol. The number of benzene rings is 3. The SMILES string of the molecule is COc1ccc2ccc(S(=O)(=O)C(C(=O)N3CCC(C)CC3)C(N)c3ccc4c(N)nccc4c3)cc2c1. The zero-order chi connectivity index (χ0) is 27.0. The van der Waals surface area contributed by atoms with Crippen molar-refractivity contribution >= 4 is 43.1 Å². The summed E-state index contributed by atoms with van der Waals surface area (Å²) in [4.78, 5) is 19.7. The van der Waals surface area contributed by atoms with E-state index >= 15 is 0 Å². The summed E-state index contributed by atoms with van der Waals surface area (Å²) in [5.74, 6) is 1.00. The van der Waals surface area contributed by atoms with Gasteiger partial charge in [0.25, 0.3) is 0 Å². The number of amides is 1. The molecule has 2 heterocycles. The molecule has 5 rings (SSSR count). The lowest BCUT2D eigenvalue weighted by atomic mass is 9.97. The number of hydrogen-bond donors (Lipinski definition) is 2. The maximum atomic E-state index is 14.2. The third-order valence-corrected chi connectivity index (χ3v) is 9.63. The second kappa shape index (κ2) is 10.2. The Morgan fingerprint density at radius 3 is 2.47 bits per heavy atom. The lowest BCUT2D eigenvalue weighted by molar-refractivity contribution is -0.132. The molecule has 2 atom stereocenters. The zero-order valence-corrected chi connectivity index (χ0v) is 22.3. The number of rotatable bonds is 6. The van der Waals surface area contributed by atoms with Crippen LogP contribution in [0.2, 0.25) is 0 Å². The van der Waals surface area contributed by atoms with Gasteiger partial charge >= 0.3 is 0 Å². The number of nitrogens with two attached hydrogens (primary N) is 2. The first-order valence-electron chi connectivity index (χ1n) is 12.7. The maximum absolute atomic E-state index is 14.2. The van der Waals surface area contributed by atoms with E-state index in [9.17, 15) is 13.2 Å². The molecule has 1 aromatic heterocycles. The summed E-state index contributed by atoms with van der Waals surface area (Å²) in [7, 11) is -2.62. The minimum absolute atomic E-state index is 0.0478. The number of carbonyl (C=O) groups excluding carboxylic acids is 1. The molecule has 1 aliphatic rings. The van der Waals surface area contributed by atoms with Crippen molar-refractivity contribution in [3.05, 3.63) is 72.4 Å². The van der Waals surface area contributed by atoms with E-state index in [1.807, 2.05) is 12.1 Å². The molecule has 198 valence electrons. The van der Waals surface area contributed by atoms with Crippen LogP contribution in [0.4, 0.5) is 5.82 Å². The summed E-state index contributed by atoms with van der Waals surface area (Å²) >= 11 is 0. The van der Waals surface area contributed by atoms with Crippen LogP contribution in [0.3, 0.4) is 0 Å². The van der Waals surface area contributed by atoms with Crippen LogP contribution in [-0.2, 0) is 14.6 Å². The molecule has 0 spiro atoms. The van der Waals surface area contributed by atoms with Crippen LogP contribution in [0.25, 0.3) is 21.5 Å². The van der Waals surface area contributed by atoms with E-state index in [1.165, 1.54) is 0 Å². The van der Waals surface area contributed by atoms with E-state index in [1.54, 1.807) is 66.7 Å². The number of carbonyl (C=O) groups is 1. The fourth-order valence-corrected chi connectivity index (χ4v) is 6.94. The van der Waals surface area contributed by atoms with Crippen molar-refractivity contribution < 1.29 is 17.9 Å². The van der Waals surface area contributed by atoms with Crippen molar-refractivity contribution in [2.75, 3.05) is 25.9 Å². The summed E-state index contributed by atoms with van der Waals surface area (Å²) < 4.78 is 33.8. The second-order valence-corrected chi connectivity index (χ2v) is 12.1. The number of piperidine rings is 1. The third kappa shape index (κ3) is 4.79. The number of likely N-dealkylation sites (tertiary alicyclic amines) is 1. The number of methoxy groups -OCH3 is 1. The molecule has 1 saturated heterocycles. The smallest absolute Gasteiger partial charge is 0.243 e. The first kappa shape index (κ1) is 25.9. The molecule has 8 nitrogen and oxygen atoms in total. The molecule has 38 heavy (non-hydrogen) atoms. The standard InChI is InChI=1S/C29H32N4O4S/c1-18-10-13-33(14-11-18)29(34)27(26(30)21-5-8-25-20(15-21)9-12-32-28(25)31)38(35,36)24-7-4-19-3-6-23(37-2)16-22(19)17-24/h3-9,12,15-18,26-27H,10-11,13-14,30H2,1-2H3,(H2,31,32). The predicted octanol–water partition coefficient (Wildman–Crippen LogP) is 4.08. The number of nitrogen functional groups attached to an aromatic ring is 1. The van der Waals surface area contributed by atoms with Crippen molar-refractivity contribution in [1.82, 2.24) is 9.88 Å². The molecule has 1 fully saturated rings. The van der Waals surface area contributed by atoms with Crippen LogP contribution >= 0.6 is 0 Å². The van der Waals surface area contributed by atoms with E-state index in [-0.39, 0.29) is 4.90 Å². The average Bonchev–Trinajstić information content (AvgIpc) is 2.92. The number of nitrogens with zero attached hydrogens (tertiary/aromatic N) is 2. The number of aromatic nitrogens is 1. The topological polar surface area (TPSA) is 129 Å². The van der Waals surface area contributed by atoms with Crippen LogP contribution < -0.4 is 16.2 Å². The largest absolute Gasteiger partial charge is 0.497 e. The molecule has 1 amide bonds. The van der Waals surface area contributed by atoms with Crippen molar-refractivity contribution in [2.24, 2.45) is 11.7 Å². The zero-order valence-electron chi connectivity index (χ0n) is 21.5. The van der Waals surface area contributed by atoms with Crippen LogP contribution in [-0.4, -0.2) is 49.7 Å². The number of ether oxygens (including phenoxy) is 1. The minimum atomic E-state index is -4.18. The highest BCUT2D eigenvalue weighted by Crippen LogP contribution is 2.33. The Morgan fingerprint density at radius 1 is 1.00 bits per heavy atom. The van der Waals surface area contributed by atoms with Crippen molar-refractivity contribution in [1.29, 1.82) is 0 Å². The van der Waals surface area contributed by atoms with Crippen LogP contribution in [0, 0.1) is 5.92 Å². The number of anilines is 1. The Bertz CT molecular complexity index is 1610. The summed E-state index contributed by atoms with van der Waals surface area (Å²) in [6.45, 7) is 3.15. The lowest BCUT2D eigenvalue weighted by Crippen LogP contribution is -2.50. The van der Waals surface area contributed by atoms with E-state index in [0.29, 0.717) is 41.5 Å². The first-order valence-corrected chi connectivity index (χ1v) is 14.2. The highest BCUT2D eigenvalue weighted by Gasteiger charge is 2.42. The molecular formula is C29H32N4O4S. The number of fused-ring (bicyclic) bond motifs is 2. The van der Waals surface area contributed by atoms with E-state index in [0.717, 1.165) is 29.0 Å². The van der Waals surface area contributed by atoms with Gasteiger partial charge in [0.2, 0.25) is 5.91 Å². The number of sulfone groups is 1. The molecule has 2 unspecified atom stereocenters. The second-order valence-electron chi connectivity index (χ2n) is 10.1. The van der Waals surface area contributed by atoms with Gasteiger partial charge in [0, 0.05) is 24.7 Å². The van der Waals surface area contributed by atoms with Gasteiger partial charge in [0.05, 0.1) is 18.0 Å². The highest BCUT2D eigenvalue weighted by atomic mass is 32.2. The molecule has 0 radical (unpaired) electrons. The monoisotopic (exact) mass is 532 g/mol. The predicted molar refractivity (Wildman–Crippen MR) is 150 cm³/mol. The number of pyridine rings is 1. The Hall–Kier alpha value is -3.69. The molecule has 3 aromatic carbocycles. The van der Waals surface area contributed by atoms with Gasteiger partial charge in [0.15, 0.2) is 15.1 Å². The fraction of sp³-hybridized carbons (Fsp3) is 0.310. The molecule has 4 N–H and O–H groups in total. The van der Waals surface area contributed by atoms with Gasteiger partial charge in [-0.05, 0) is 76.9 Å². The molecule has 0 saturated carbocycles. The summed E-state index contributed by atoms with van der Waals surface area (Å²) in [6, 6.07) is 16.3. The van der Waals surface area contributed by atoms with Gasteiger partial charge in [-0.2, -0.15) is 0 Å². The minimum Gasteiger partial charge on any atom is -0.497 e. The van der Waals surface area contributed by atoms with Gasteiger partial charge in [-0.3, -0.25) is 4.79 Å². The molecule has 4 aromatic rings. The summed E-state index contributed by atoms with van der Waals surface area (Å²) in [5, 5.41) is 1.59. The Balaban J connectivity index is 1.60. The highest BCUT2D eigenvalue weighted by molar-refractivity contribution is 7.92. The van der Waals surface area contributed by atoms with Gasteiger partial charge in [-0.1, -0.05) is 31.2 Å². The van der Waals surface area contributed by atoms with Gasteiger partial charge in [-0.15, -0.1) is 0 Å².